The van der Waals surface area contributed by atoms with Crippen LogP contribution in [0.25, 0.3) is 0 Å². The molecule has 1 aromatic rings. The van der Waals surface area contributed by atoms with Gasteiger partial charge in [-0.1, -0.05) is 18.5 Å². The fourth-order valence-electron chi connectivity index (χ4n) is 1.24. The van der Waals surface area contributed by atoms with Crippen LogP contribution < -0.4 is 11.1 Å². The summed E-state index contributed by atoms with van der Waals surface area (Å²) in [6.45, 7) is 4.25. The molecular weight excluding hydrogens is 240 g/mol. The molecule has 0 heterocycles. The second-order valence-corrected chi connectivity index (χ2v) is 4.15. The fourth-order valence-corrected chi connectivity index (χ4v) is 1.47. The number of hydrogen-bond acceptors (Lipinski definition) is 3. The van der Waals surface area contributed by atoms with Gasteiger partial charge in [-0.3, -0.25) is 4.79 Å². The van der Waals surface area contributed by atoms with E-state index in [1.54, 1.807) is 25.1 Å². The van der Waals surface area contributed by atoms with Gasteiger partial charge in [-0.15, -0.1) is 0 Å². The van der Waals surface area contributed by atoms with Gasteiger partial charge in [-0.25, -0.2) is 0 Å². The summed E-state index contributed by atoms with van der Waals surface area (Å²) < 4.78 is 5.31. The molecule has 1 amide bonds. The molecule has 0 saturated heterocycles. The third-order valence-electron chi connectivity index (χ3n) is 2.19. The van der Waals surface area contributed by atoms with Gasteiger partial charge in [0.2, 0.25) is 0 Å². The van der Waals surface area contributed by atoms with Crippen molar-refractivity contribution in [3.05, 3.63) is 23.2 Å². The van der Waals surface area contributed by atoms with Crippen LogP contribution in [0.1, 0.15) is 20.3 Å². The van der Waals surface area contributed by atoms with Crippen LogP contribution in [0.3, 0.4) is 0 Å². The summed E-state index contributed by atoms with van der Waals surface area (Å²) in [5.74, 6) is -0.217. The first kappa shape index (κ1) is 13.8. The van der Waals surface area contributed by atoms with Crippen molar-refractivity contribution in [1.82, 2.24) is 0 Å². The quantitative estimate of drug-likeness (QED) is 0.796. The topological polar surface area (TPSA) is 64.3 Å². The molecule has 0 aromatic heterocycles. The Bertz CT molecular complexity index is 396. The zero-order valence-electron chi connectivity index (χ0n) is 10.00. The van der Waals surface area contributed by atoms with Crippen molar-refractivity contribution >= 4 is 28.9 Å². The van der Waals surface area contributed by atoms with Crippen LogP contribution in [0.15, 0.2) is 18.2 Å². The van der Waals surface area contributed by atoms with Crippen LogP contribution >= 0.6 is 11.6 Å². The summed E-state index contributed by atoms with van der Waals surface area (Å²) in [5, 5.41) is 3.11. The van der Waals surface area contributed by atoms with Gasteiger partial charge >= 0.3 is 0 Å². The van der Waals surface area contributed by atoms with E-state index >= 15 is 0 Å². The van der Waals surface area contributed by atoms with Gasteiger partial charge in [-0.2, -0.15) is 0 Å². The molecule has 0 bridgehead atoms. The van der Waals surface area contributed by atoms with E-state index in [0.29, 0.717) is 23.0 Å². The summed E-state index contributed by atoms with van der Waals surface area (Å²) >= 11 is 5.95. The molecular formula is C12H17ClN2O2. The maximum Gasteiger partial charge on any atom is 0.253 e. The van der Waals surface area contributed by atoms with E-state index in [9.17, 15) is 4.79 Å². The molecule has 4 nitrogen and oxygen atoms in total. The highest BCUT2D eigenvalue weighted by atomic mass is 35.5. The molecule has 5 heteroatoms. The first-order chi connectivity index (χ1) is 8.04. The molecule has 0 radical (unpaired) electrons. The number of ether oxygens (including phenoxy) is 1. The van der Waals surface area contributed by atoms with E-state index in [-0.39, 0.29) is 5.91 Å². The van der Waals surface area contributed by atoms with E-state index in [1.165, 1.54) is 0 Å². The molecule has 0 aliphatic heterocycles. The van der Waals surface area contributed by atoms with Gasteiger partial charge in [-0.05, 0) is 31.5 Å². The SMILES string of the molecule is CCCOC(C)C(=O)Nc1ccc(N)cc1Cl. The summed E-state index contributed by atoms with van der Waals surface area (Å²) in [4.78, 5) is 11.7. The van der Waals surface area contributed by atoms with Crippen LogP contribution in [0.5, 0.6) is 0 Å². The van der Waals surface area contributed by atoms with E-state index in [1.807, 2.05) is 6.92 Å². The zero-order valence-corrected chi connectivity index (χ0v) is 10.8. The summed E-state index contributed by atoms with van der Waals surface area (Å²) in [5.41, 5.74) is 6.66. The smallest absolute Gasteiger partial charge is 0.253 e. The zero-order chi connectivity index (χ0) is 12.8. The van der Waals surface area contributed by atoms with Crippen LogP contribution in [0, 0.1) is 0 Å². The standard InChI is InChI=1S/C12H17ClN2O2/c1-3-6-17-8(2)12(16)15-11-5-4-9(14)7-10(11)13/h4-5,7-8H,3,6,14H2,1-2H3,(H,15,16). The number of nitrogens with one attached hydrogen (secondary N) is 1. The highest BCUT2D eigenvalue weighted by Crippen LogP contribution is 2.24. The molecule has 0 spiro atoms. The van der Waals surface area contributed by atoms with Crippen LogP contribution in [-0.4, -0.2) is 18.6 Å². The van der Waals surface area contributed by atoms with Gasteiger partial charge in [0.05, 0.1) is 10.7 Å². The Morgan fingerprint density at radius 1 is 1.59 bits per heavy atom. The van der Waals surface area contributed by atoms with Gasteiger partial charge in [0.1, 0.15) is 6.10 Å². The number of nitrogens with two attached hydrogens (primary N) is 1. The van der Waals surface area contributed by atoms with E-state index < -0.39 is 6.10 Å². The maximum absolute atomic E-state index is 11.7. The molecule has 3 N–H and O–H groups in total. The summed E-state index contributed by atoms with van der Waals surface area (Å²) in [6, 6.07) is 4.94. The van der Waals surface area contributed by atoms with E-state index in [2.05, 4.69) is 5.32 Å². The molecule has 0 aliphatic rings. The maximum atomic E-state index is 11.7. The molecule has 1 atom stereocenters. The van der Waals surface area contributed by atoms with Crippen LogP contribution in [0.4, 0.5) is 11.4 Å². The number of amides is 1. The number of hydrogen-bond donors (Lipinski definition) is 2. The molecule has 0 saturated carbocycles. The minimum absolute atomic E-state index is 0.217. The van der Waals surface area contributed by atoms with E-state index in [4.69, 9.17) is 22.1 Å². The van der Waals surface area contributed by atoms with Gasteiger partial charge in [0.15, 0.2) is 0 Å². The Balaban J connectivity index is 2.61. The van der Waals surface area contributed by atoms with Crippen molar-refractivity contribution < 1.29 is 9.53 Å². The molecule has 1 aromatic carbocycles. The first-order valence-electron chi connectivity index (χ1n) is 5.52. The minimum Gasteiger partial charge on any atom is -0.399 e. The lowest BCUT2D eigenvalue weighted by Gasteiger charge is -2.13. The normalized spacial score (nSPS) is 12.2. The fraction of sp³-hybridized carbons (Fsp3) is 0.417. The predicted molar refractivity (Wildman–Crippen MR) is 70.2 cm³/mol. The summed E-state index contributed by atoms with van der Waals surface area (Å²) in [6.07, 6.45) is 0.379. The highest BCUT2D eigenvalue weighted by Gasteiger charge is 2.14. The lowest BCUT2D eigenvalue weighted by molar-refractivity contribution is -0.126. The molecule has 94 valence electrons. The average molecular weight is 257 g/mol. The molecule has 0 aliphatic carbocycles. The third kappa shape index (κ3) is 4.24. The largest absolute Gasteiger partial charge is 0.399 e. The number of anilines is 2. The number of carbonyl (C=O) groups excluding carboxylic acids is 1. The number of benzene rings is 1. The molecule has 0 fully saturated rings. The van der Waals surface area contributed by atoms with Gasteiger partial charge in [0, 0.05) is 12.3 Å². The molecule has 1 rings (SSSR count). The van der Waals surface area contributed by atoms with Crippen molar-refractivity contribution in [1.29, 1.82) is 0 Å². The van der Waals surface area contributed by atoms with E-state index in [0.717, 1.165) is 6.42 Å². The molecule has 1 unspecified atom stereocenters. The minimum atomic E-state index is -0.497. The Labute approximate surface area is 106 Å². The van der Waals surface area contributed by atoms with Gasteiger partial charge in [0.25, 0.3) is 5.91 Å². The second-order valence-electron chi connectivity index (χ2n) is 3.74. The number of rotatable bonds is 5. The Hall–Kier alpha value is -1.26. The monoisotopic (exact) mass is 256 g/mol. The van der Waals surface area contributed by atoms with Crippen molar-refractivity contribution in [2.24, 2.45) is 0 Å². The van der Waals surface area contributed by atoms with Crippen LogP contribution in [0.2, 0.25) is 5.02 Å². The Kier molecular flexibility index (Phi) is 5.25. The second kappa shape index (κ2) is 6.47. The van der Waals surface area contributed by atoms with Crippen molar-refractivity contribution in [2.75, 3.05) is 17.7 Å². The van der Waals surface area contributed by atoms with Crippen molar-refractivity contribution in [2.45, 2.75) is 26.4 Å². The predicted octanol–water partition coefficient (Wildman–Crippen LogP) is 2.68. The number of nitrogen functional groups attached to an aromatic ring is 1. The number of carbonyl (C=O) groups is 1. The molecule has 17 heavy (non-hydrogen) atoms. The van der Waals surface area contributed by atoms with Crippen molar-refractivity contribution in [3.63, 3.8) is 0 Å². The Morgan fingerprint density at radius 2 is 2.29 bits per heavy atom. The number of halogens is 1. The van der Waals surface area contributed by atoms with Crippen molar-refractivity contribution in [3.8, 4) is 0 Å². The highest BCUT2D eigenvalue weighted by molar-refractivity contribution is 6.34. The van der Waals surface area contributed by atoms with Crippen LogP contribution in [-0.2, 0) is 9.53 Å². The average Bonchev–Trinajstić information content (AvgIpc) is 2.29. The third-order valence-corrected chi connectivity index (χ3v) is 2.50. The summed E-state index contributed by atoms with van der Waals surface area (Å²) in [7, 11) is 0. The Morgan fingerprint density at radius 3 is 2.88 bits per heavy atom. The van der Waals surface area contributed by atoms with Gasteiger partial charge < -0.3 is 15.8 Å². The first-order valence-corrected chi connectivity index (χ1v) is 5.90. The lowest BCUT2D eigenvalue weighted by Crippen LogP contribution is -2.28. The lowest BCUT2D eigenvalue weighted by atomic mass is 10.2.